The van der Waals surface area contributed by atoms with Crippen LogP contribution < -0.4 is 16.2 Å². The molecular weight excluding hydrogens is 375 g/mol. The third-order valence-electron chi connectivity index (χ3n) is 3.42. The number of benzene rings is 1. The maximum absolute atomic E-state index is 13.2. The highest BCUT2D eigenvalue weighted by molar-refractivity contribution is 5.90. The van der Waals surface area contributed by atoms with E-state index in [1.807, 2.05) is 0 Å². The van der Waals surface area contributed by atoms with Gasteiger partial charge in [-0.05, 0) is 43.7 Å². The number of hydrogen-bond donors (Lipinski definition) is 2. The summed E-state index contributed by atoms with van der Waals surface area (Å²) in [5.74, 6) is -3.69. The van der Waals surface area contributed by atoms with Gasteiger partial charge in [0.25, 0.3) is 5.91 Å². The Morgan fingerprint density at radius 1 is 0.964 bits per heavy atom. The number of Topliss-reactive ketones (excluding diaryl/α,β-unsaturated/α-hetero) is 1. The molecule has 0 aliphatic rings. The van der Waals surface area contributed by atoms with Gasteiger partial charge < -0.3 is 16.2 Å². The number of rotatable bonds is 9. The van der Waals surface area contributed by atoms with E-state index >= 15 is 0 Å². The molecule has 1 amide bonds. The van der Waals surface area contributed by atoms with E-state index in [0.717, 1.165) is 37.5 Å². The zero-order chi connectivity index (χ0) is 20.9. The third-order valence-corrected chi connectivity index (χ3v) is 3.42. The Hall–Kier alpha value is -2.94. The number of unbranched alkanes of at least 4 members (excludes halogenated alkanes) is 2. The molecule has 0 spiro atoms. The highest BCUT2D eigenvalue weighted by Crippen LogP contribution is 2.20. The number of aromatic nitrogens is 1. The standard InChI is InChI=1S/C13H17F2NO2.C6H5FN2O/c14-11-6-4-7-12(15)13(11)18-9-10(17)5-2-1-3-8-16;7-5-3-1-2-4(9-5)6(8)10/h4,6-7H,1-3,5,8-9,16H2;1-3H,(H2,8,10). The first-order valence-electron chi connectivity index (χ1n) is 8.56. The molecule has 1 heterocycles. The topological polar surface area (TPSA) is 108 Å². The molecular formula is C19H22F3N3O3. The molecule has 0 aliphatic carbocycles. The summed E-state index contributed by atoms with van der Waals surface area (Å²) in [5.41, 5.74) is 10.1. The maximum Gasteiger partial charge on any atom is 0.267 e. The molecule has 4 N–H and O–H groups in total. The van der Waals surface area contributed by atoms with Crippen LogP contribution in [0, 0.1) is 17.6 Å². The van der Waals surface area contributed by atoms with Gasteiger partial charge in [-0.2, -0.15) is 4.39 Å². The van der Waals surface area contributed by atoms with Crippen molar-refractivity contribution in [2.45, 2.75) is 25.7 Å². The Balaban J connectivity index is 0.000000330. The number of para-hydroxylation sites is 1. The summed E-state index contributed by atoms with van der Waals surface area (Å²) in [6, 6.07) is 7.29. The van der Waals surface area contributed by atoms with Crippen LogP contribution in [0.4, 0.5) is 13.2 Å². The summed E-state index contributed by atoms with van der Waals surface area (Å²) in [7, 11) is 0. The third kappa shape index (κ3) is 8.63. The fourth-order valence-electron chi connectivity index (χ4n) is 2.03. The predicted octanol–water partition coefficient (Wildman–Crippen LogP) is 2.75. The van der Waals surface area contributed by atoms with E-state index in [-0.39, 0.29) is 18.1 Å². The minimum atomic E-state index is -0.800. The Kier molecular flexibility index (Phi) is 10.3. The number of hydrogen-bond acceptors (Lipinski definition) is 5. The van der Waals surface area contributed by atoms with Crippen LogP contribution in [0.2, 0.25) is 0 Å². The van der Waals surface area contributed by atoms with Crippen LogP contribution in [-0.2, 0) is 4.79 Å². The number of nitrogens with zero attached hydrogens (tertiary/aromatic N) is 1. The van der Waals surface area contributed by atoms with Crippen LogP contribution in [-0.4, -0.2) is 29.8 Å². The summed E-state index contributed by atoms with van der Waals surface area (Å²) in [4.78, 5) is 25.0. The van der Waals surface area contributed by atoms with E-state index in [1.165, 1.54) is 18.2 Å². The van der Waals surface area contributed by atoms with Crippen LogP contribution in [0.25, 0.3) is 0 Å². The maximum atomic E-state index is 13.2. The highest BCUT2D eigenvalue weighted by atomic mass is 19.1. The van der Waals surface area contributed by atoms with Crippen molar-refractivity contribution in [1.82, 2.24) is 4.98 Å². The second-order valence-electron chi connectivity index (χ2n) is 5.69. The van der Waals surface area contributed by atoms with Gasteiger partial charge in [0.1, 0.15) is 12.3 Å². The van der Waals surface area contributed by atoms with E-state index < -0.39 is 29.2 Å². The molecule has 2 aromatic rings. The number of primary amides is 1. The SMILES string of the molecule is NC(=O)c1cccc(F)n1.NCCCCCC(=O)COc1c(F)cccc1F. The molecule has 2 rings (SSSR count). The molecule has 0 aliphatic heterocycles. The normalized spacial score (nSPS) is 10.0. The summed E-state index contributed by atoms with van der Waals surface area (Å²) in [6.07, 6.45) is 2.81. The van der Waals surface area contributed by atoms with Crippen molar-refractivity contribution in [3.63, 3.8) is 0 Å². The van der Waals surface area contributed by atoms with Crippen molar-refractivity contribution < 1.29 is 27.5 Å². The van der Waals surface area contributed by atoms with Crippen molar-refractivity contribution in [1.29, 1.82) is 0 Å². The molecule has 0 saturated heterocycles. The van der Waals surface area contributed by atoms with E-state index in [4.69, 9.17) is 16.2 Å². The largest absolute Gasteiger partial charge is 0.480 e. The number of pyridine rings is 1. The van der Waals surface area contributed by atoms with Gasteiger partial charge in [-0.15, -0.1) is 0 Å². The molecule has 0 bridgehead atoms. The van der Waals surface area contributed by atoms with Crippen molar-refractivity contribution >= 4 is 11.7 Å². The minimum absolute atomic E-state index is 0.0556. The first-order chi connectivity index (χ1) is 13.3. The lowest BCUT2D eigenvalue weighted by molar-refractivity contribution is -0.121. The molecule has 1 aromatic carbocycles. The lowest BCUT2D eigenvalue weighted by Crippen LogP contribution is -2.13. The van der Waals surface area contributed by atoms with Crippen molar-refractivity contribution in [3.05, 3.63) is 59.7 Å². The smallest absolute Gasteiger partial charge is 0.267 e. The van der Waals surface area contributed by atoms with Gasteiger partial charge in [0.2, 0.25) is 5.95 Å². The van der Waals surface area contributed by atoms with Crippen LogP contribution in [0.1, 0.15) is 36.2 Å². The average Bonchev–Trinajstić information content (AvgIpc) is 2.65. The number of halogens is 3. The average molecular weight is 397 g/mol. The monoisotopic (exact) mass is 397 g/mol. The highest BCUT2D eigenvalue weighted by Gasteiger charge is 2.11. The fraction of sp³-hybridized carbons (Fsp3) is 0.316. The Morgan fingerprint density at radius 3 is 2.14 bits per heavy atom. The molecule has 9 heteroatoms. The zero-order valence-electron chi connectivity index (χ0n) is 15.2. The summed E-state index contributed by atoms with van der Waals surface area (Å²) < 4.78 is 43.4. The van der Waals surface area contributed by atoms with Gasteiger partial charge in [-0.3, -0.25) is 9.59 Å². The summed E-state index contributed by atoms with van der Waals surface area (Å²) in [6.45, 7) is 0.297. The Morgan fingerprint density at radius 2 is 1.61 bits per heavy atom. The van der Waals surface area contributed by atoms with Gasteiger partial charge in [-0.25, -0.2) is 13.8 Å². The Labute approximate surface area is 160 Å². The van der Waals surface area contributed by atoms with Gasteiger partial charge >= 0.3 is 0 Å². The molecule has 0 saturated carbocycles. The molecule has 6 nitrogen and oxygen atoms in total. The van der Waals surface area contributed by atoms with E-state index in [1.54, 1.807) is 0 Å². The summed E-state index contributed by atoms with van der Waals surface area (Å²) in [5, 5.41) is 0. The van der Waals surface area contributed by atoms with Crippen molar-refractivity contribution in [3.8, 4) is 5.75 Å². The Bertz CT molecular complexity index is 768. The number of carbonyl (C=O) groups is 2. The van der Waals surface area contributed by atoms with Crippen molar-refractivity contribution in [2.24, 2.45) is 11.5 Å². The number of ether oxygens (including phenoxy) is 1. The molecule has 0 fully saturated rings. The molecule has 152 valence electrons. The number of ketones is 1. The van der Waals surface area contributed by atoms with Gasteiger partial charge in [0.05, 0.1) is 0 Å². The van der Waals surface area contributed by atoms with Gasteiger partial charge in [0, 0.05) is 6.42 Å². The van der Waals surface area contributed by atoms with Crippen LogP contribution in [0.5, 0.6) is 5.75 Å². The quantitative estimate of drug-likeness (QED) is 0.500. The second kappa shape index (κ2) is 12.4. The molecule has 0 radical (unpaired) electrons. The van der Waals surface area contributed by atoms with E-state index in [9.17, 15) is 22.8 Å². The fourth-order valence-corrected chi connectivity index (χ4v) is 2.03. The van der Waals surface area contributed by atoms with Crippen LogP contribution >= 0.6 is 0 Å². The van der Waals surface area contributed by atoms with Crippen LogP contribution in [0.15, 0.2) is 36.4 Å². The molecule has 1 aromatic heterocycles. The first-order valence-corrected chi connectivity index (χ1v) is 8.56. The van der Waals surface area contributed by atoms with E-state index in [0.29, 0.717) is 13.0 Å². The lowest BCUT2D eigenvalue weighted by Gasteiger charge is -2.07. The number of amides is 1. The predicted molar refractivity (Wildman–Crippen MR) is 97.1 cm³/mol. The van der Waals surface area contributed by atoms with Gasteiger partial charge in [0.15, 0.2) is 23.2 Å². The number of carbonyl (C=O) groups excluding carboxylic acids is 2. The summed E-state index contributed by atoms with van der Waals surface area (Å²) >= 11 is 0. The molecule has 0 unspecified atom stereocenters. The molecule has 28 heavy (non-hydrogen) atoms. The van der Waals surface area contributed by atoms with E-state index in [2.05, 4.69) is 4.98 Å². The minimum Gasteiger partial charge on any atom is -0.480 e. The second-order valence-corrected chi connectivity index (χ2v) is 5.69. The number of nitrogens with two attached hydrogens (primary N) is 2. The lowest BCUT2D eigenvalue weighted by atomic mass is 10.1. The van der Waals surface area contributed by atoms with Gasteiger partial charge in [-0.1, -0.05) is 18.6 Å². The van der Waals surface area contributed by atoms with Crippen LogP contribution in [0.3, 0.4) is 0 Å². The zero-order valence-corrected chi connectivity index (χ0v) is 15.2. The first kappa shape index (κ1) is 23.1. The molecule has 0 atom stereocenters. The van der Waals surface area contributed by atoms with Crippen molar-refractivity contribution in [2.75, 3.05) is 13.2 Å².